The summed E-state index contributed by atoms with van der Waals surface area (Å²) in [6.07, 6.45) is 3.65. The number of aromatic nitrogens is 2. The molecule has 3 nitrogen and oxygen atoms in total. The highest BCUT2D eigenvalue weighted by Gasteiger charge is 2.06. The lowest BCUT2D eigenvalue weighted by Gasteiger charge is -2.06. The first-order valence-corrected chi connectivity index (χ1v) is 5.72. The van der Waals surface area contributed by atoms with Crippen molar-refractivity contribution in [1.82, 2.24) is 9.55 Å². The summed E-state index contributed by atoms with van der Waals surface area (Å²) in [5.41, 5.74) is 1.65. The minimum atomic E-state index is 0.0714. The van der Waals surface area contributed by atoms with E-state index in [-0.39, 0.29) is 5.78 Å². The number of rotatable bonds is 3. The van der Waals surface area contributed by atoms with E-state index < -0.39 is 0 Å². The van der Waals surface area contributed by atoms with Crippen LogP contribution >= 0.6 is 15.9 Å². The van der Waals surface area contributed by atoms with Crippen LogP contribution in [0.5, 0.6) is 0 Å². The first-order chi connectivity index (χ1) is 7.66. The lowest BCUT2D eigenvalue weighted by Crippen LogP contribution is -2.07. The Morgan fingerprint density at radius 1 is 1.44 bits per heavy atom. The second kappa shape index (κ2) is 4.61. The number of nitrogens with zero attached hydrogens (tertiary/aromatic N) is 2. The van der Waals surface area contributed by atoms with Crippen molar-refractivity contribution in [3.8, 4) is 0 Å². The summed E-state index contributed by atoms with van der Waals surface area (Å²) in [5, 5.41) is 0. The maximum atomic E-state index is 11.3. The molecule has 4 heteroatoms. The van der Waals surface area contributed by atoms with Crippen LogP contribution in [-0.4, -0.2) is 15.3 Å². The molecule has 0 aliphatic carbocycles. The summed E-state index contributed by atoms with van der Waals surface area (Å²) in [4.78, 5) is 15.6. The monoisotopic (exact) mass is 278 g/mol. The minimum absolute atomic E-state index is 0.0714. The third-order valence-corrected chi connectivity index (χ3v) is 2.78. The van der Waals surface area contributed by atoms with E-state index in [1.165, 1.54) is 0 Å². The third-order valence-electron chi connectivity index (χ3n) is 2.31. The van der Waals surface area contributed by atoms with E-state index in [0.717, 1.165) is 10.2 Å². The van der Waals surface area contributed by atoms with Gasteiger partial charge in [-0.05, 0) is 40.2 Å². The van der Waals surface area contributed by atoms with Crippen LogP contribution in [0.1, 0.15) is 23.1 Å². The lowest BCUT2D eigenvalue weighted by molar-refractivity contribution is 0.100. The average Bonchev–Trinajstić information content (AvgIpc) is 2.69. The van der Waals surface area contributed by atoms with Crippen molar-refractivity contribution in [3.63, 3.8) is 0 Å². The molecular formula is C12H11BrN2O. The molecule has 82 valence electrons. The number of carbonyl (C=O) groups is 1. The number of pyridine rings is 1. The van der Waals surface area contributed by atoms with E-state index in [2.05, 4.69) is 20.9 Å². The van der Waals surface area contributed by atoms with Crippen molar-refractivity contribution >= 4 is 21.7 Å². The Bertz CT molecular complexity index is 502. The molecule has 0 fully saturated rings. The largest absolute Gasteiger partial charge is 0.339 e. The summed E-state index contributed by atoms with van der Waals surface area (Å²) in [6, 6.07) is 7.57. The quantitative estimate of drug-likeness (QED) is 0.810. The Labute approximate surface area is 102 Å². The molecule has 0 aliphatic rings. The van der Waals surface area contributed by atoms with Gasteiger partial charge in [0, 0.05) is 23.8 Å². The molecule has 0 amide bonds. The zero-order valence-electron chi connectivity index (χ0n) is 8.85. The van der Waals surface area contributed by atoms with E-state index in [1.807, 2.05) is 35.0 Å². The van der Waals surface area contributed by atoms with Crippen molar-refractivity contribution in [2.24, 2.45) is 0 Å². The van der Waals surface area contributed by atoms with Crippen LogP contribution in [0.2, 0.25) is 0 Å². The topological polar surface area (TPSA) is 34.9 Å². The smallest absolute Gasteiger partial charge is 0.176 e. The molecule has 0 unspecified atom stereocenters. The predicted molar refractivity (Wildman–Crippen MR) is 65.5 cm³/mol. The first kappa shape index (κ1) is 11.1. The molecule has 2 heterocycles. The number of hydrogen-bond acceptors (Lipinski definition) is 2. The summed E-state index contributed by atoms with van der Waals surface area (Å²) < 4.78 is 2.86. The van der Waals surface area contributed by atoms with Gasteiger partial charge in [-0.15, -0.1) is 0 Å². The van der Waals surface area contributed by atoms with Gasteiger partial charge in [0.2, 0.25) is 0 Å². The molecule has 0 aromatic carbocycles. The van der Waals surface area contributed by atoms with Crippen molar-refractivity contribution in [2.45, 2.75) is 13.5 Å². The number of carbonyl (C=O) groups excluding carboxylic acids is 1. The van der Waals surface area contributed by atoms with Crippen LogP contribution in [0, 0.1) is 0 Å². The van der Waals surface area contributed by atoms with E-state index in [4.69, 9.17) is 0 Å². The highest BCUT2D eigenvalue weighted by molar-refractivity contribution is 9.10. The van der Waals surface area contributed by atoms with Gasteiger partial charge in [-0.25, -0.2) is 0 Å². The number of halogens is 1. The van der Waals surface area contributed by atoms with Gasteiger partial charge in [0.15, 0.2) is 5.78 Å². The number of hydrogen-bond donors (Lipinski definition) is 0. The predicted octanol–water partition coefficient (Wildman–Crippen LogP) is 2.90. The molecule has 0 N–H and O–H groups in total. The highest BCUT2D eigenvalue weighted by atomic mass is 79.9. The van der Waals surface area contributed by atoms with E-state index in [0.29, 0.717) is 12.2 Å². The van der Waals surface area contributed by atoms with Crippen molar-refractivity contribution < 1.29 is 4.79 Å². The second-order valence-corrected chi connectivity index (χ2v) is 4.46. The van der Waals surface area contributed by atoms with Crippen molar-refractivity contribution in [1.29, 1.82) is 0 Å². The van der Waals surface area contributed by atoms with Gasteiger partial charge in [-0.1, -0.05) is 0 Å². The van der Waals surface area contributed by atoms with E-state index in [1.54, 1.807) is 13.1 Å². The van der Waals surface area contributed by atoms with Crippen LogP contribution in [-0.2, 0) is 6.54 Å². The highest BCUT2D eigenvalue weighted by Crippen LogP contribution is 2.10. The molecule has 16 heavy (non-hydrogen) atoms. The molecular weight excluding hydrogens is 268 g/mol. The molecule has 0 saturated heterocycles. The fraction of sp³-hybridized carbons (Fsp3) is 0.167. The second-order valence-electron chi connectivity index (χ2n) is 3.55. The van der Waals surface area contributed by atoms with Gasteiger partial charge in [0.05, 0.1) is 17.9 Å². The molecule has 0 radical (unpaired) electrons. The molecule has 2 aromatic heterocycles. The Balaban J connectivity index is 2.23. The normalized spacial score (nSPS) is 10.4. The van der Waals surface area contributed by atoms with E-state index in [9.17, 15) is 4.79 Å². The third kappa shape index (κ3) is 2.39. The molecule has 0 atom stereocenters. The summed E-state index contributed by atoms with van der Waals surface area (Å²) >= 11 is 3.34. The first-order valence-electron chi connectivity index (χ1n) is 4.93. The molecule has 0 spiro atoms. The van der Waals surface area contributed by atoms with Crippen LogP contribution < -0.4 is 0 Å². The van der Waals surface area contributed by atoms with Gasteiger partial charge in [0.1, 0.15) is 0 Å². The minimum Gasteiger partial charge on any atom is -0.339 e. The van der Waals surface area contributed by atoms with Crippen LogP contribution in [0.15, 0.2) is 41.1 Å². The number of ketones is 1. The standard InChI is InChI=1S/C12H11BrN2O/c1-9(16)12-3-2-6-15(12)8-11-5-4-10(13)7-14-11/h2-7H,8H2,1H3. The van der Waals surface area contributed by atoms with Crippen molar-refractivity contribution in [3.05, 3.63) is 52.5 Å². The van der Waals surface area contributed by atoms with Gasteiger partial charge in [-0.3, -0.25) is 9.78 Å². The Kier molecular flexibility index (Phi) is 3.19. The Hall–Kier alpha value is -1.42. The summed E-state index contributed by atoms with van der Waals surface area (Å²) in [6.45, 7) is 2.19. The van der Waals surface area contributed by atoms with Gasteiger partial charge >= 0.3 is 0 Å². The van der Waals surface area contributed by atoms with Gasteiger partial charge in [-0.2, -0.15) is 0 Å². The zero-order chi connectivity index (χ0) is 11.5. The molecule has 2 rings (SSSR count). The van der Waals surface area contributed by atoms with E-state index >= 15 is 0 Å². The van der Waals surface area contributed by atoms with Crippen LogP contribution in [0.4, 0.5) is 0 Å². The fourth-order valence-corrected chi connectivity index (χ4v) is 1.78. The van der Waals surface area contributed by atoms with Gasteiger partial charge in [0.25, 0.3) is 0 Å². The van der Waals surface area contributed by atoms with Crippen molar-refractivity contribution in [2.75, 3.05) is 0 Å². The molecule has 2 aromatic rings. The zero-order valence-corrected chi connectivity index (χ0v) is 10.4. The van der Waals surface area contributed by atoms with Gasteiger partial charge < -0.3 is 4.57 Å². The maximum Gasteiger partial charge on any atom is 0.176 e. The average molecular weight is 279 g/mol. The summed E-state index contributed by atoms with van der Waals surface area (Å²) in [7, 11) is 0. The SMILES string of the molecule is CC(=O)c1cccn1Cc1ccc(Br)cn1. The molecule has 0 bridgehead atoms. The van der Waals surface area contributed by atoms with Crippen LogP contribution in [0.3, 0.4) is 0 Å². The molecule has 0 aliphatic heterocycles. The number of Topliss-reactive ketones (excluding diaryl/α,β-unsaturated/α-hetero) is 1. The summed E-state index contributed by atoms with van der Waals surface area (Å²) in [5.74, 6) is 0.0714. The Morgan fingerprint density at radius 3 is 2.88 bits per heavy atom. The van der Waals surface area contributed by atoms with Crippen LogP contribution in [0.25, 0.3) is 0 Å². The maximum absolute atomic E-state index is 11.3. The Morgan fingerprint density at radius 2 is 2.25 bits per heavy atom. The lowest BCUT2D eigenvalue weighted by atomic mass is 10.3. The fourth-order valence-electron chi connectivity index (χ4n) is 1.55. The molecule has 0 saturated carbocycles.